The maximum atomic E-state index is 9.07. The summed E-state index contributed by atoms with van der Waals surface area (Å²) in [6.07, 6.45) is 4.98. The van der Waals surface area contributed by atoms with Gasteiger partial charge in [-0.3, -0.25) is 0 Å². The normalized spacial score (nSPS) is 16.1. The third-order valence-electron chi connectivity index (χ3n) is 4.55. The second kappa shape index (κ2) is 7.79. The number of anilines is 1. The molecule has 0 spiro atoms. The lowest BCUT2D eigenvalue weighted by Crippen LogP contribution is -2.34. The van der Waals surface area contributed by atoms with Crippen molar-refractivity contribution < 1.29 is 14.5 Å². The van der Waals surface area contributed by atoms with Crippen LogP contribution in [-0.2, 0) is 0 Å². The third kappa shape index (κ3) is 3.72. The number of hydrogen-bond acceptors (Lipinski definition) is 6. The average molecular weight is 370 g/mol. The van der Waals surface area contributed by atoms with E-state index in [0.717, 1.165) is 49.1 Å². The molecule has 0 unspecified atom stereocenters. The number of hydrogen-bond donors (Lipinski definition) is 2. The van der Waals surface area contributed by atoms with Gasteiger partial charge in [-0.25, -0.2) is 9.97 Å². The number of nitrogens with zero attached hydrogens (tertiary/aromatic N) is 3. The van der Waals surface area contributed by atoms with E-state index in [2.05, 4.69) is 14.9 Å². The van der Waals surface area contributed by atoms with E-state index in [0.29, 0.717) is 22.9 Å². The lowest BCUT2D eigenvalue weighted by molar-refractivity contribution is 0.386. The van der Waals surface area contributed by atoms with Crippen LogP contribution in [0, 0.1) is 5.92 Å². The van der Waals surface area contributed by atoms with E-state index < -0.39 is 8.38 Å². The minimum Gasteiger partial charge on any atom is -0.493 e. The quantitative estimate of drug-likeness (QED) is 0.788. The van der Waals surface area contributed by atoms with Crippen LogP contribution in [0.3, 0.4) is 0 Å². The number of benzene rings is 1. The molecule has 0 aliphatic carbocycles. The molecule has 1 aromatic carbocycles. The van der Waals surface area contributed by atoms with Crippen molar-refractivity contribution in [2.24, 2.45) is 5.92 Å². The van der Waals surface area contributed by atoms with Gasteiger partial charge >= 0.3 is 0 Å². The Morgan fingerprint density at radius 1 is 1.29 bits per heavy atom. The molecule has 8 heteroatoms. The number of rotatable bonds is 5. The van der Waals surface area contributed by atoms with Gasteiger partial charge in [0.2, 0.25) is 0 Å². The molecule has 0 bridgehead atoms. The summed E-state index contributed by atoms with van der Waals surface area (Å²) in [4.78, 5) is 29.2. The highest BCUT2D eigenvalue weighted by atomic mass is 35.5. The number of methoxy groups -OCH3 is 1. The molecule has 1 saturated heterocycles. The number of ether oxygens (including phenoxy) is 1. The lowest BCUT2D eigenvalue weighted by Gasteiger charge is -2.33. The van der Waals surface area contributed by atoms with Crippen molar-refractivity contribution in [1.82, 2.24) is 9.97 Å². The van der Waals surface area contributed by atoms with Crippen molar-refractivity contribution in [2.45, 2.75) is 19.3 Å². The van der Waals surface area contributed by atoms with Gasteiger partial charge < -0.3 is 19.4 Å². The highest BCUT2D eigenvalue weighted by molar-refractivity contribution is 7.45. The molecule has 3 rings (SSSR count). The molecule has 6 nitrogen and oxygen atoms in total. The molecule has 0 saturated carbocycles. The second-order valence-electron chi connectivity index (χ2n) is 5.99. The van der Waals surface area contributed by atoms with Gasteiger partial charge in [0.1, 0.15) is 17.7 Å². The van der Waals surface area contributed by atoms with Crippen molar-refractivity contribution >= 4 is 36.7 Å². The Morgan fingerprint density at radius 2 is 2.04 bits per heavy atom. The first-order valence-corrected chi connectivity index (χ1v) is 9.78. The highest BCUT2D eigenvalue weighted by Gasteiger charge is 2.23. The number of piperidine rings is 1. The van der Waals surface area contributed by atoms with E-state index in [-0.39, 0.29) is 0 Å². The minimum absolute atomic E-state index is 0.506. The fraction of sp³-hybridized carbons (Fsp3) is 0.500. The van der Waals surface area contributed by atoms with E-state index in [1.165, 1.54) is 0 Å². The van der Waals surface area contributed by atoms with Crippen molar-refractivity contribution in [3.05, 3.63) is 23.5 Å². The lowest BCUT2D eigenvalue weighted by atomic mass is 9.94. The van der Waals surface area contributed by atoms with Gasteiger partial charge in [0.15, 0.2) is 14.1 Å². The molecule has 1 aromatic heterocycles. The zero-order valence-electron chi connectivity index (χ0n) is 13.5. The van der Waals surface area contributed by atoms with E-state index in [1.807, 2.05) is 12.1 Å². The van der Waals surface area contributed by atoms with Crippen molar-refractivity contribution in [2.75, 3.05) is 31.3 Å². The molecule has 0 atom stereocenters. The third-order valence-corrected chi connectivity index (χ3v) is 5.50. The van der Waals surface area contributed by atoms with Gasteiger partial charge in [-0.05, 0) is 37.3 Å². The van der Waals surface area contributed by atoms with Crippen LogP contribution in [0.1, 0.15) is 19.3 Å². The first kappa shape index (κ1) is 17.6. The molecule has 24 heavy (non-hydrogen) atoms. The summed E-state index contributed by atoms with van der Waals surface area (Å²) >= 11 is 6.18. The Kier molecular flexibility index (Phi) is 5.72. The van der Waals surface area contributed by atoms with Gasteiger partial charge in [0.05, 0.1) is 12.1 Å². The topological polar surface area (TPSA) is 78.7 Å². The molecule has 0 amide bonds. The summed E-state index contributed by atoms with van der Waals surface area (Å²) in [5.74, 6) is 2.02. The van der Waals surface area contributed by atoms with Crippen LogP contribution in [0.15, 0.2) is 18.5 Å². The molecule has 1 fully saturated rings. The fourth-order valence-electron chi connectivity index (χ4n) is 3.24. The van der Waals surface area contributed by atoms with Gasteiger partial charge in [-0.15, -0.1) is 0 Å². The SMILES string of the molecule is COc1c(Cl)ccc2c(N3CCC(CCP(O)O)CC3)ncnc12. The monoisotopic (exact) mass is 369 g/mol. The standard InChI is InChI=1S/C16H21ClN3O3P/c1-23-15-13(17)3-2-12-14(15)18-10-19-16(12)20-7-4-11(5-8-20)6-9-24(21)22/h2-3,10-11,21-22H,4-9H2,1H3. The Hall–Kier alpha value is -1.20. The minimum atomic E-state index is -1.77. The number of halogens is 1. The highest BCUT2D eigenvalue weighted by Crippen LogP contribution is 2.37. The largest absolute Gasteiger partial charge is 0.493 e. The first-order chi connectivity index (χ1) is 11.6. The summed E-state index contributed by atoms with van der Waals surface area (Å²) in [7, 11) is -0.185. The molecule has 2 N–H and O–H groups in total. The molecule has 2 heterocycles. The van der Waals surface area contributed by atoms with Crippen molar-refractivity contribution in [3.63, 3.8) is 0 Å². The molecule has 2 aromatic rings. The van der Waals surface area contributed by atoms with E-state index in [1.54, 1.807) is 13.4 Å². The van der Waals surface area contributed by atoms with Crippen molar-refractivity contribution in [3.8, 4) is 5.75 Å². The predicted molar refractivity (Wildman–Crippen MR) is 96.9 cm³/mol. The van der Waals surface area contributed by atoms with Crippen LogP contribution in [0.25, 0.3) is 10.9 Å². The van der Waals surface area contributed by atoms with Crippen LogP contribution < -0.4 is 9.64 Å². The van der Waals surface area contributed by atoms with E-state index >= 15 is 0 Å². The molecule has 130 valence electrons. The summed E-state index contributed by atoms with van der Waals surface area (Å²) in [5, 5.41) is 1.48. The molecule has 1 aliphatic heterocycles. The Bertz CT molecular complexity index is 708. The fourth-order valence-corrected chi connectivity index (χ4v) is 4.07. The smallest absolute Gasteiger partial charge is 0.164 e. The van der Waals surface area contributed by atoms with Gasteiger partial charge in [-0.1, -0.05) is 11.6 Å². The molecule has 1 aliphatic rings. The summed E-state index contributed by atoms with van der Waals surface area (Å²) in [5.41, 5.74) is 0.725. The Balaban J connectivity index is 1.79. The average Bonchev–Trinajstić information content (AvgIpc) is 2.60. The Morgan fingerprint density at radius 3 is 2.71 bits per heavy atom. The van der Waals surface area contributed by atoms with Gasteiger partial charge in [-0.2, -0.15) is 0 Å². The van der Waals surface area contributed by atoms with Gasteiger partial charge in [0.25, 0.3) is 0 Å². The maximum absolute atomic E-state index is 9.07. The summed E-state index contributed by atoms with van der Waals surface area (Å²) < 4.78 is 5.39. The molecule has 0 radical (unpaired) electrons. The zero-order chi connectivity index (χ0) is 17.1. The molecular weight excluding hydrogens is 349 g/mol. The summed E-state index contributed by atoms with van der Waals surface area (Å²) in [6.45, 7) is 1.80. The van der Waals surface area contributed by atoms with E-state index in [9.17, 15) is 0 Å². The maximum Gasteiger partial charge on any atom is 0.164 e. The second-order valence-corrected chi connectivity index (χ2v) is 7.59. The Labute approximate surface area is 147 Å². The van der Waals surface area contributed by atoms with Crippen LogP contribution in [0.4, 0.5) is 5.82 Å². The van der Waals surface area contributed by atoms with Gasteiger partial charge in [0, 0.05) is 24.6 Å². The zero-order valence-corrected chi connectivity index (χ0v) is 15.2. The first-order valence-electron chi connectivity index (χ1n) is 7.97. The van der Waals surface area contributed by atoms with Crippen LogP contribution in [-0.4, -0.2) is 46.1 Å². The van der Waals surface area contributed by atoms with Crippen molar-refractivity contribution in [1.29, 1.82) is 0 Å². The predicted octanol–water partition coefficient (Wildman–Crippen LogP) is 3.19. The van der Waals surface area contributed by atoms with Crippen LogP contribution in [0.5, 0.6) is 5.75 Å². The molecular formula is C16H21ClN3O3P. The van der Waals surface area contributed by atoms with Crippen LogP contribution >= 0.6 is 20.0 Å². The summed E-state index contributed by atoms with van der Waals surface area (Å²) in [6, 6.07) is 3.75. The van der Waals surface area contributed by atoms with E-state index in [4.69, 9.17) is 26.1 Å². The van der Waals surface area contributed by atoms with Crippen LogP contribution in [0.2, 0.25) is 5.02 Å². The number of fused-ring (bicyclic) bond motifs is 1. The number of aromatic nitrogens is 2.